The number of hydrogen-bond acceptors (Lipinski definition) is 4. The molecule has 2 N–H and O–H groups in total. The molecule has 0 aliphatic heterocycles. The average Bonchev–Trinajstić information content (AvgIpc) is 2.77. The van der Waals surface area contributed by atoms with Gasteiger partial charge in [0.15, 0.2) is 5.96 Å². The molecule has 0 radical (unpaired) electrons. The predicted octanol–water partition coefficient (Wildman–Crippen LogP) is 2.63. The third kappa shape index (κ3) is 8.98. The molecule has 2 aromatic carbocycles. The molecule has 0 aromatic heterocycles. The minimum Gasteiger partial charge on any atom is -0.492 e. The molecular weight excluding hydrogens is 402 g/mol. The number of benzene rings is 2. The summed E-state index contributed by atoms with van der Waals surface area (Å²) in [6.07, 6.45) is 0.800. The molecular formula is C25H37N5O2. The summed E-state index contributed by atoms with van der Waals surface area (Å²) in [5.41, 5.74) is 2.92. The minimum absolute atomic E-state index is 0.0163. The van der Waals surface area contributed by atoms with Gasteiger partial charge >= 0.3 is 0 Å². The molecule has 0 spiro atoms. The average molecular weight is 440 g/mol. The van der Waals surface area contributed by atoms with Gasteiger partial charge in [-0.25, -0.2) is 4.99 Å². The number of rotatable bonds is 11. The maximum atomic E-state index is 12.2. The van der Waals surface area contributed by atoms with Gasteiger partial charge in [-0.05, 0) is 62.8 Å². The van der Waals surface area contributed by atoms with E-state index in [-0.39, 0.29) is 5.91 Å². The van der Waals surface area contributed by atoms with Crippen molar-refractivity contribution in [2.75, 3.05) is 54.4 Å². The fourth-order valence-corrected chi connectivity index (χ4v) is 3.04. The number of carbonyl (C=O) groups is 1. The zero-order valence-electron chi connectivity index (χ0n) is 20.0. The standard InChI is InChI=1S/C25H37N5O2/c1-6-26-25(27-14-13-20-9-7-11-22(17-20)24(31)30(4)5)28-19-21-10-8-12-23(18-21)32-16-15-29(2)3/h7-12,17-18H,6,13-16,19H2,1-5H3,(H2,26,27,28). The van der Waals surface area contributed by atoms with Crippen molar-refractivity contribution in [3.05, 3.63) is 65.2 Å². The van der Waals surface area contributed by atoms with E-state index in [4.69, 9.17) is 9.73 Å². The summed E-state index contributed by atoms with van der Waals surface area (Å²) < 4.78 is 5.82. The van der Waals surface area contributed by atoms with Gasteiger partial charge in [0.05, 0.1) is 6.54 Å². The Morgan fingerprint density at radius 2 is 1.75 bits per heavy atom. The molecule has 0 saturated carbocycles. The first-order valence-corrected chi connectivity index (χ1v) is 11.1. The van der Waals surface area contributed by atoms with Gasteiger partial charge in [-0.1, -0.05) is 24.3 Å². The third-order valence-electron chi connectivity index (χ3n) is 4.76. The SMILES string of the molecule is CCNC(=NCc1cccc(OCCN(C)C)c1)NCCc1cccc(C(=O)N(C)C)c1. The first-order chi connectivity index (χ1) is 15.4. The Labute approximate surface area is 192 Å². The number of hydrogen-bond donors (Lipinski definition) is 2. The van der Waals surface area contributed by atoms with Crippen LogP contribution >= 0.6 is 0 Å². The topological polar surface area (TPSA) is 69.2 Å². The Kier molecular flexibility index (Phi) is 10.5. The van der Waals surface area contributed by atoms with Crippen LogP contribution in [-0.4, -0.2) is 76.1 Å². The zero-order chi connectivity index (χ0) is 23.3. The number of guanidine groups is 1. The van der Waals surface area contributed by atoms with Crippen molar-refractivity contribution in [2.45, 2.75) is 19.9 Å². The molecule has 0 fully saturated rings. The van der Waals surface area contributed by atoms with Crippen LogP contribution in [0.4, 0.5) is 0 Å². The lowest BCUT2D eigenvalue weighted by Gasteiger charge is -2.13. The van der Waals surface area contributed by atoms with E-state index in [1.807, 2.05) is 63.5 Å². The fourth-order valence-electron chi connectivity index (χ4n) is 3.04. The molecule has 0 heterocycles. The highest BCUT2D eigenvalue weighted by atomic mass is 16.5. The molecule has 32 heavy (non-hydrogen) atoms. The molecule has 0 aliphatic rings. The van der Waals surface area contributed by atoms with Crippen LogP contribution in [0.1, 0.15) is 28.4 Å². The summed E-state index contributed by atoms with van der Waals surface area (Å²) >= 11 is 0. The Balaban J connectivity index is 1.91. The molecule has 0 unspecified atom stereocenters. The number of nitrogens with one attached hydrogen (secondary N) is 2. The lowest BCUT2D eigenvalue weighted by molar-refractivity contribution is 0.0827. The van der Waals surface area contributed by atoms with E-state index < -0.39 is 0 Å². The first-order valence-electron chi connectivity index (χ1n) is 11.1. The van der Waals surface area contributed by atoms with Gasteiger partial charge in [-0.2, -0.15) is 0 Å². The highest BCUT2D eigenvalue weighted by Crippen LogP contribution is 2.14. The van der Waals surface area contributed by atoms with E-state index in [1.165, 1.54) is 0 Å². The van der Waals surface area contributed by atoms with Crippen molar-refractivity contribution in [3.63, 3.8) is 0 Å². The summed E-state index contributed by atoms with van der Waals surface area (Å²) in [6.45, 7) is 5.65. The molecule has 174 valence electrons. The van der Waals surface area contributed by atoms with Crippen LogP contribution < -0.4 is 15.4 Å². The maximum Gasteiger partial charge on any atom is 0.253 e. The van der Waals surface area contributed by atoms with Crippen LogP contribution in [0.3, 0.4) is 0 Å². The molecule has 0 bridgehead atoms. The zero-order valence-corrected chi connectivity index (χ0v) is 20.0. The van der Waals surface area contributed by atoms with E-state index >= 15 is 0 Å². The number of nitrogens with zero attached hydrogens (tertiary/aromatic N) is 3. The molecule has 7 nitrogen and oxygen atoms in total. The number of carbonyl (C=O) groups excluding carboxylic acids is 1. The number of amides is 1. The van der Waals surface area contributed by atoms with Crippen LogP contribution in [0.5, 0.6) is 5.75 Å². The normalized spacial score (nSPS) is 11.4. The van der Waals surface area contributed by atoms with Crippen molar-refractivity contribution in [2.24, 2.45) is 4.99 Å². The molecule has 0 aliphatic carbocycles. The van der Waals surface area contributed by atoms with E-state index in [2.05, 4.69) is 21.6 Å². The van der Waals surface area contributed by atoms with Gasteiger partial charge < -0.3 is 25.2 Å². The van der Waals surface area contributed by atoms with Gasteiger partial charge in [-0.3, -0.25) is 4.79 Å². The summed E-state index contributed by atoms with van der Waals surface area (Å²) in [6, 6.07) is 15.8. The second kappa shape index (κ2) is 13.4. The molecule has 0 atom stereocenters. The quantitative estimate of drug-likeness (QED) is 0.416. The fraction of sp³-hybridized carbons (Fsp3) is 0.440. The lowest BCUT2D eigenvalue weighted by Crippen LogP contribution is -2.38. The first kappa shape index (κ1) is 25.2. The lowest BCUT2D eigenvalue weighted by atomic mass is 10.1. The summed E-state index contributed by atoms with van der Waals surface area (Å²) in [5, 5.41) is 6.67. The molecule has 2 aromatic rings. The minimum atomic E-state index is 0.0163. The molecule has 0 saturated heterocycles. The monoisotopic (exact) mass is 439 g/mol. The maximum absolute atomic E-state index is 12.2. The van der Waals surface area contributed by atoms with Crippen molar-refractivity contribution in [1.29, 1.82) is 0 Å². The molecule has 1 amide bonds. The smallest absolute Gasteiger partial charge is 0.253 e. The van der Waals surface area contributed by atoms with Gasteiger partial charge in [0.2, 0.25) is 0 Å². The van der Waals surface area contributed by atoms with Crippen LogP contribution in [0, 0.1) is 0 Å². The van der Waals surface area contributed by atoms with Crippen LogP contribution in [0.25, 0.3) is 0 Å². The summed E-state index contributed by atoms with van der Waals surface area (Å²) in [7, 11) is 7.59. The van der Waals surface area contributed by atoms with Gasteiger partial charge in [0.25, 0.3) is 5.91 Å². The summed E-state index contributed by atoms with van der Waals surface area (Å²) in [5.74, 6) is 1.65. The van der Waals surface area contributed by atoms with Crippen molar-refractivity contribution < 1.29 is 9.53 Å². The van der Waals surface area contributed by atoms with Gasteiger partial charge in [0.1, 0.15) is 12.4 Å². The highest BCUT2D eigenvalue weighted by Gasteiger charge is 2.08. The van der Waals surface area contributed by atoms with Gasteiger partial charge in [0, 0.05) is 39.3 Å². The van der Waals surface area contributed by atoms with Crippen LogP contribution in [0.15, 0.2) is 53.5 Å². The van der Waals surface area contributed by atoms with Crippen molar-refractivity contribution >= 4 is 11.9 Å². The Bertz CT molecular complexity index is 880. The van der Waals surface area contributed by atoms with Crippen molar-refractivity contribution in [1.82, 2.24) is 20.4 Å². The molecule has 2 rings (SSSR count). The van der Waals surface area contributed by atoms with Crippen LogP contribution in [-0.2, 0) is 13.0 Å². The largest absolute Gasteiger partial charge is 0.492 e. The molecule has 7 heteroatoms. The van der Waals surface area contributed by atoms with E-state index in [9.17, 15) is 4.79 Å². The summed E-state index contributed by atoms with van der Waals surface area (Å²) in [4.78, 5) is 20.6. The van der Waals surface area contributed by atoms with Gasteiger partial charge in [-0.15, -0.1) is 0 Å². The predicted molar refractivity (Wildman–Crippen MR) is 131 cm³/mol. The van der Waals surface area contributed by atoms with E-state index in [0.29, 0.717) is 18.7 Å². The highest BCUT2D eigenvalue weighted by molar-refractivity contribution is 5.94. The second-order valence-electron chi connectivity index (χ2n) is 8.07. The van der Waals surface area contributed by atoms with Crippen LogP contribution in [0.2, 0.25) is 0 Å². The Hall–Kier alpha value is -3.06. The Morgan fingerprint density at radius 3 is 2.47 bits per heavy atom. The third-order valence-corrected chi connectivity index (χ3v) is 4.76. The van der Waals surface area contributed by atoms with Crippen molar-refractivity contribution in [3.8, 4) is 5.75 Å². The second-order valence-corrected chi connectivity index (χ2v) is 8.07. The van der Waals surface area contributed by atoms with E-state index in [1.54, 1.807) is 19.0 Å². The number of likely N-dealkylation sites (N-methyl/N-ethyl adjacent to an activating group) is 1. The Morgan fingerprint density at radius 1 is 1.00 bits per heavy atom. The number of ether oxygens (including phenoxy) is 1. The number of aliphatic imine (C=N–C) groups is 1. The van der Waals surface area contributed by atoms with E-state index in [0.717, 1.165) is 48.9 Å².